The van der Waals surface area contributed by atoms with Crippen molar-refractivity contribution in [3.8, 4) is 5.75 Å². The predicted molar refractivity (Wildman–Crippen MR) is 122 cm³/mol. The number of benzene rings is 1. The number of nitrogens with zero attached hydrogens (tertiary/aromatic N) is 2. The van der Waals surface area contributed by atoms with E-state index in [1.54, 1.807) is 12.4 Å². The Morgan fingerprint density at radius 3 is 2.47 bits per heavy atom. The Balaban J connectivity index is 1.64. The molecule has 0 spiro atoms. The molecule has 0 amide bonds. The van der Waals surface area contributed by atoms with Crippen LogP contribution < -0.4 is 10.2 Å². The first kappa shape index (κ1) is 24.0. The fraction of sp³-hybridized carbons (Fsp3) is 0.600. The summed E-state index contributed by atoms with van der Waals surface area (Å²) in [4.78, 5) is 12.0. The maximum absolute atomic E-state index is 12.0. The standard InChI is InChI=1S/C25H37N2O3/c1-3-4-5-6-7-8-9-10-13-23-17-21(2)14-15-24(23)30-20-25(28)29-16-11-12-22-18-26-27-19-22/h14-15,17-19H,3-13,16,20H2,1-2H3. The van der Waals surface area contributed by atoms with Crippen LogP contribution in [0, 0.1) is 6.92 Å². The van der Waals surface area contributed by atoms with E-state index in [2.05, 4.69) is 30.4 Å². The van der Waals surface area contributed by atoms with Crippen molar-refractivity contribution in [2.24, 2.45) is 5.10 Å². The van der Waals surface area contributed by atoms with Crippen molar-refractivity contribution in [3.05, 3.63) is 41.1 Å². The Labute approximate surface area is 181 Å². The maximum Gasteiger partial charge on any atom is 0.344 e. The second-order valence-corrected chi connectivity index (χ2v) is 8.01. The molecule has 0 N–H and O–H groups in total. The summed E-state index contributed by atoms with van der Waals surface area (Å²) in [6, 6.07) is 6.17. The summed E-state index contributed by atoms with van der Waals surface area (Å²) in [6.07, 6.45) is 16.4. The molecule has 165 valence electrons. The molecule has 1 heterocycles. The number of rotatable bonds is 16. The highest BCUT2D eigenvalue weighted by Crippen LogP contribution is 2.23. The first-order valence-corrected chi connectivity index (χ1v) is 11.5. The molecule has 1 aliphatic rings. The highest BCUT2D eigenvalue weighted by molar-refractivity contribution is 5.79. The van der Waals surface area contributed by atoms with Gasteiger partial charge < -0.3 is 9.47 Å². The van der Waals surface area contributed by atoms with Gasteiger partial charge in [-0.25, -0.2) is 4.79 Å². The van der Waals surface area contributed by atoms with Crippen LogP contribution >= 0.6 is 0 Å². The third kappa shape index (κ3) is 9.95. The lowest BCUT2D eigenvalue weighted by Gasteiger charge is -2.12. The van der Waals surface area contributed by atoms with E-state index in [0.717, 1.165) is 37.0 Å². The molecule has 0 aliphatic carbocycles. The largest absolute Gasteiger partial charge is 0.482 e. The first-order valence-electron chi connectivity index (χ1n) is 11.5. The Kier molecular flexibility index (Phi) is 11.7. The molecule has 1 aliphatic heterocycles. The van der Waals surface area contributed by atoms with Gasteiger partial charge in [-0.3, -0.25) is 0 Å². The fourth-order valence-electron chi connectivity index (χ4n) is 3.51. The van der Waals surface area contributed by atoms with Crippen molar-refractivity contribution in [2.75, 3.05) is 13.2 Å². The average molecular weight is 414 g/mol. The van der Waals surface area contributed by atoms with Crippen LogP contribution in [0.4, 0.5) is 0 Å². The van der Waals surface area contributed by atoms with Gasteiger partial charge in [-0.05, 0) is 49.8 Å². The van der Waals surface area contributed by atoms with Gasteiger partial charge in [0.2, 0.25) is 0 Å². The zero-order chi connectivity index (χ0) is 21.4. The summed E-state index contributed by atoms with van der Waals surface area (Å²) in [7, 11) is 0. The van der Waals surface area contributed by atoms with E-state index >= 15 is 0 Å². The average Bonchev–Trinajstić information content (AvgIpc) is 3.26. The van der Waals surface area contributed by atoms with Gasteiger partial charge in [-0.15, -0.1) is 0 Å². The van der Waals surface area contributed by atoms with E-state index in [1.165, 1.54) is 56.1 Å². The van der Waals surface area contributed by atoms with E-state index in [-0.39, 0.29) is 12.6 Å². The normalized spacial score (nSPS) is 12.5. The van der Waals surface area contributed by atoms with Crippen molar-refractivity contribution in [1.82, 2.24) is 5.43 Å². The Morgan fingerprint density at radius 2 is 1.73 bits per heavy atom. The van der Waals surface area contributed by atoms with Gasteiger partial charge in [0, 0.05) is 0 Å². The highest BCUT2D eigenvalue weighted by Gasteiger charge is 2.09. The minimum Gasteiger partial charge on any atom is -0.482 e. The van der Waals surface area contributed by atoms with Gasteiger partial charge in [0.15, 0.2) is 6.61 Å². The molecule has 1 aromatic rings. The second-order valence-electron chi connectivity index (χ2n) is 8.01. The van der Waals surface area contributed by atoms with Crippen molar-refractivity contribution in [2.45, 2.75) is 84.5 Å². The number of aryl methyl sites for hydroxylation is 2. The summed E-state index contributed by atoms with van der Waals surface area (Å²) in [5, 5.41) is 3.78. The Morgan fingerprint density at radius 1 is 0.967 bits per heavy atom. The van der Waals surface area contributed by atoms with Crippen LogP contribution in [-0.4, -0.2) is 25.4 Å². The lowest BCUT2D eigenvalue weighted by molar-refractivity contribution is -0.146. The lowest BCUT2D eigenvalue weighted by atomic mass is 10.0. The number of hydrogen-bond donors (Lipinski definition) is 0. The Bertz CT molecular complexity index is 698. The van der Waals surface area contributed by atoms with E-state index in [0.29, 0.717) is 6.61 Å². The molecule has 0 atom stereocenters. The van der Waals surface area contributed by atoms with Crippen LogP contribution in [0.1, 0.15) is 82.3 Å². The molecule has 5 heteroatoms. The van der Waals surface area contributed by atoms with E-state index in [9.17, 15) is 4.79 Å². The number of carbonyl (C=O) groups is 1. The molecule has 0 unspecified atom stereocenters. The van der Waals surface area contributed by atoms with Crippen LogP contribution in [0.15, 0.2) is 35.1 Å². The maximum atomic E-state index is 12.0. The molecular formula is C25H37N2O3. The summed E-state index contributed by atoms with van der Waals surface area (Å²) in [6.45, 7) is 4.68. The van der Waals surface area contributed by atoms with Crippen molar-refractivity contribution >= 4 is 12.2 Å². The third-order valence-electron chi connectivity index (χ3n) is 5.25. The molecule has 30 heavy (non-hydrogen) atoms. The van der Waals surface area contributed by atoms with Gasteiger partial charge in [-0.1, -0.05) is 69.6 Å². The lowest BCUT2D eigenvalue weighted by Crippen LogP contribution is -2.16. The number of allylic oxidation sites excluding steroid dienone is 1. The smallest absolute Gasteiger partial charge is 0.344 e. The molecule has 0 saturated carbocycles. The van der Waals surface area contributed by atoms with Crippen LogP contribution in [0.5, 0.6) is 5.75 Å². The first-order chi connectivity index (χ1) is 14.7. The SMILES string of the molecule is CCCCCCCCCCc1cc(C)ccc1OCC(=O)OCCCC1=C[N]N=C1. The van der Waals surface area contributed by atoms with E-state index < -0.39 is 0 Å². The minimum atomic E-state index is -0.327. The molecule has 2 rings (SSSR count). The number of esters is 1. The van der Waals surface area contributed by atoms with Crippen LogP contribution in [0.25, 0.3) is 0 Å². The van der Waals surface area contributed by atoms with Gasteiger partial charge in [0.05, 0.1) is 19.0 Å². The molecular weight excluding hydrogens is 376 g/mol. The quantitative estimate of drug-likeness (QED) is 0.251. The zero-order valence-electron chi connectivity index (χ0n) is 18.7. The van der Waals surface area contributed by atoms with Crippen molar-refractivity contribution < 1.29 is 14.3 Å². The molecule has 5 nitrogen and oxygen atoms in total. The van der Waals surface area contributed by atoms with Crippen LogP contribution in [-0.2, 0) is 16.0 Å². The summed E-state index contributed by atoms with van der Waals surface area (Å²) in [5.41, 5.74) is 7.25. The van der Waals surface area contributed by atoms with E-state index in [4.69, 9.17) is 9.47 Å². The van der Waals surface area contributed by atoms with E-state index in [1.807, 2.05) is 12.1 Å². The van der Waals surface area contributed by atoms with Crippen molar-refractivity contribution in [3.63, 3.8) is 0 Å². The van der Waals surface area contributed by atoms with Crippen LogP contribution in [0.3, 0.4) is 0 Å². The fourth-order valence-corrected chi connectivity index (χ4v) is 3.51. The third-order valence-corrected chi connectivity index (χ3v) is 5.25. The van der Waals surface area contributed by atoms with Gasteiger partial charge >= 0.3 is 5.97 Å². The number of ether oxygens (including phenoxy) is 2. The highest BCUT2D eigenvalue weighted by atomic mass is 16.6. The van der Waals surface area contributed by atoms with Gasteiger partial charge in [-0.2, -0.15) is 10.5 Å². The second kappa shape index (κ2) is 14.6. The number of hydrogen-bond acceptors (Lipinski definition) is 4. The van der Waals surface area contributed by atoms with Gasteiger partial charge in [0.1, 0.15) is 5.75 Å². The molecule has 0 bridgehead atoms. The summed E-state index contributed by atoms with van der Waals surface area (Å²) in [5.74, 6) is 0.474. The number of unbranched alkanes of at least 4 members (excludes halogenated alkanes) is 7. The molecule has 0 fully saturated rings. The summed E-state index contributed by atoms with van der Waals surface area (Å²) < 4.78 is 11.1. The van der Waals surface area contributed by atoms with Crippen molar-refractivity contribution in [1.29, 1.82) is 0 Å². The minimum absolute atomic E-state index is 0.0486. The molecule has 0 aromatic heterocycles. The molecule has 1 radical (unpaired) electrons. The van der Waals surface area contributed by atoms with Gasteiger partial charge in [0.25, 0.3) is 0 Å². The van der Waals surface area contributed by atoms with Crippen LogP contribution in [0.2, 0.25) is 0 Å². The Hall–Kier alpha value is -2.30. The summed E-state index contributed by atoms with van der Waals surface area (Å²) >= 11 is 0. The predicted octanol–water partition coefficient (Wildman–Crippen LogP) is 5.87. The molecule has 0 saturated heterocycles. The zero-order valence-corrected chi connectivity index (χ0v) is 18.7. The number of carbonyl (C=O) groups excluding carboxylic acids is 1. The molecule has 1 aromatic carbocycles. The topological polar surface area (TPSA) is 62.0 Å². The monoisotopic (exact) mass is 413 g/mol.